The number of nitrogens with one attached hydrogen (secondary N) is 1. The van der Waals surface area contributed by atoms with E-state index in [9.17, 15) is 9.90 Å². The van der Waals surface area contributed by atoms with E-state index >= 15 is 0 Å². The molecule has 0 bridgehead atoms. The molecule has 5 rings (SSSR count). The minimum atomic E-state index is -0.329. The fourth-order valence-electron chi connectivity index (χ4n) is 4.65. The molecule has 2 heterocycles. The number of nitrogens with zero attached hydrogens (tertiary/aromatic N) is 5. The van der Waals surface area contributed by atoms with E-state index in [0.717, 1.165) is 22.6 Å². The highest BCUT2D eigenvalue weighted by Gasteiger charge is 2.18. The van der Waals surface area contributed by atoms with Gasteiger partial charge in [-0.15, -0.1) is 0 Å². The van der Waals surface area contributed by atoms with E-state index in [4.69, 9.17) is 5.73 Å². The monoisotopic (exact) mass is 547 g/mol. The highest BCUT2D eigenvalue weighted by Crippen LogP contribution is 2.29. The molecule has 5 aromatic rings. The molecular weight excluding hydrogens is 514 g/mol. The minimum Gasteiger partial charge on any atom is -0.392 e. The third kappa shape index (κ3) is 6.15. The number of amides is 1. The molecule has 9 nitrogen and oxygen atoms in total. The van der Waals surface area contributed by atoms with Crippen molar-refractivity contribution in [2.45, 2.75) is 46.1 Å². The van der Waals surface area contributed by atoms with Crippen molar-refractivity contribution in [3.63, 3.8) is 0 Å². The van der Waals surface area contributed by atoms with Crippen molar-refractivity contribution in [3.8, 4) is 17.1 Å². The Bertz CT molecular complexity index is 1690. The first kappa shape index (κ1) is 27.7. The van der Waals surface area contributed by atoms with E-state index in [2.05, 4.69) is 46.0 Å². The van der Waals surface area contributed by atoms with Crippen LogP contribution in [-0.2, 0) is 18.4 Å². The number of hydrogen-bond donors (Lipinski definition) is 3. The normalized spacial score (nSPS) is 11.4. The number of aryl methyl sites for hydroxylation is 1. The van der Waals surface area contributed by atoms with Crippen LogP contribution in [0.1, 0.15) is 59.5 Å². The van der Waals surface area contributed by atoms with Crippen molar-refractivity contribution in [2.75, 3.05) is 11.1 Å². The number of carbonyl (C=O) groups is 1. The predicted octanol–water partition coefficient (Wildman–Crippen LogP) is 5.25. The second-order valence-electron chi connectivity index (χ2n) is 10.9. The molecule has 41 heavy (non-hydrogen) atoms. The number of aromatic nitrogens is 5. The lowest BCUT2D eigenvalue weighted by molar-refractivity contribution is 0.102. The zero-order chi connectivity index (χ0) is 29.1. The van der Waals surface area contributed by atoms with Gasteiger partial charge in [0.15, 0.2) is 5.82 Å². The maximum Gasteiger partial charge on any atom is 0.255 e. The van der Waals surface area contributed by atoms with Crippen LogP contribution in [0.25, 0.3) is 17.1 Å². The summed E-state index contributed by atoms with van der Waals surface area (Å²) in [6.45, 7) is 8.00. The van der Waals surface area contributed by atoms with Crippen molar-refractivity contribution in [3.05, 3.63) is 113 Å². The Labute approximate surface area is 239 Å². The van der Waals surface area contributed by atoms with Gasteiger partial charge in [-0.3, -0.25) is 4.79 Å². The summed E-state index contributed by atoms with van der Waals surface area (Å²) in [5, 5.41) is 13.2. The molecule has 0 atom stereocenters. The summed E-state index contributed by atoms with van der Waals surface area (Å²) in [7, 11) is 0. The van der Waals surface area contributed by atoms with E-state index in [1.807, 2.05) is 54.1 Å². The Morgan fingerprint density at radius 1 is 0.976 bits per heavy atom. The Kier molecular flexibility index (Phi) is 7.63. The molecule has 0 aliphatic carbocycles. The second kappa shape index (κ2) is 11.3. The van der Waals surface area contributed by atoms with Crippen molar-refractivity contribution in [1.29, 1.82) is 0 Å². The lowest BCUT2D eigenvalue weighted by Crippen LogP contribution is -2.15. The van der Waals surface area contributed by atoms with Gasteiger partial charge in [0.2, 0.25) is 5.95 Å². The number of hydrogen-bond acceptors (Lipinski definition) is 7. The van der Waals surface area contributed by atoms with Crippen molar-refractivity contribution >= 4 is 17.5 Å². The number of aliphatic hydroxyl groups excluding tert-OH is 1. The number of aliphatic hydroxyl groups is 1. The molecule has 0 radical (unpaired) electrons. The number of benzene rings is 3. The average Bonchev–Trinajstić information content (AvgIpc) is 3.38. The molecule has 0 aliphatic heterocycles. The smallest absolute Gasteiger partial charge is 0.255 e. The van der Waals surface area contributed by atoms with Gasteiger partial charge in [0.25, 0.3) is 5.91 Å². The minimum absolute atomic E-state index is 0.0122. The van der Waals surface area contributed by atoms with Crippen LogP contribution in [-0.4, -0.2) is 35.5 Å². The molecule has 1 amide bonds. The van der Waals surface area contributed by atoms with Crippen LogP contribution in [0.4, 0.5) is 11.6 Å². The quantitative estimate of drug-likeness (QED) is 0.254. The molecule has 0 saturated heterocycles. The number of imidazole rings is 1. The molecule has 208 valence electrons. The summed E-state index contributed by atoms with van der Waals surface area (Å²) in [5.41, 5.74) is 11.3. The lowest BCUT2D eigenvalue weighted by atomic mass is 9.86. The van der Waals surface area contributed by atoms with E-state index in [1.54, 1.807) is 36.5 Å². The Morgan fingerprint density at radius 2 is 1.71 bits per heavy atom. The fraction of sp³-hybridized carbons (Fsp3) is 0.219. The van der Waals surface area contributed by atoms with Crippen LogP contribution < -0.4 is 11.1 Å². The zero-order valence-corrected chi connectivity index (χ0v) is 23.6. The van der Waals surface area contributed by atoms with Crippen LogP contribution >= 0.6 is 0 Å². The molecule has 0 unspecified atom stereocenters. The Hall–Kier alpha value is -4.89. The molecular formula is C32H33N7O2. The standard InChI is InChI=1S/C32H33N7O2/c1-20-34-16-17-39(20)24-14-8-21(9-15-24)18-28-36-29(38-31(33)37-28)25-6-5-7-27(26(25)19-40)35-30(41)22-10-12-23(13-11-22)32(2,3)4/h5-17,40H,18-19H2,1-4H3,(H,35,41)(H2,33,36,37,38). The largest absolute Gasteiger partial charge is 0.392 e. The first-order chi connectivity index (χ1) is 19.6. The number of nitrogens with two attached hydrogens (primary N) is 1. The summed E-state index contributed by atoms with van der Waals surface area (Å²) in [4.78, 5) is 30.7. The van der Waals surface area contributed by atoms with Crippen molar-refractivity contribution < 1.29 is 9.90 Å². The van der Waals surface area contributed by atoms with Gasteiger partial charge in [-0.05, 0) is 53.8 Å². The topological polar surface area (TPSA) is 132 Å². The van der Waals surface area contributed by atoms with Gasteiger partial charge in [0, 0.05) is 46.9 Å². The second-order valence-corrected chi connectivity index (χ2v) is 10.9. The molecule has 3 aromatic carbocycles. The Balaban J connectivity index is 1.39. The first-order valence-corrected chi connectivity index (χ1v) is 13.4. The van der Waals surface area contributed by atoms with Gasteiger partial charge in [-0.2, -0.15) is 9.97 Å². The predicted molar refractivity (Wildman–Crippen MR) is 160 cm³/mol. The van der Waals surface area contributed by atoms with Gasteiger partial charge in [-0.25, -0.2) is 9.97 Å². The van der Waals surface area contributed by atoms with Crippen LogP contribution in [0.5, 0.6) is 0 Å². The summed E-state index contributed by atoms with van der Waals surface area (Å²) >= 11 is 0. The van der Waals surface area contributed by atoms with Crippen LogP contribution in [0.2, 0.25) is 0 Å². The van der Waals surface area contributed by atoms with Gasteiger partial charge in [0.1, 0.15) is 11.6 Å². The van der Waals surface area contributed by atoms with Gasteiger partial charge < -0.3 is 20.7 Å². The highest BCUT2D eigenvalue weighted by molar-refractivity contribution is 6.05. The van der Waals surface area contributed by atoms with Crippen molar-refractivity contribution in [1.82, 2.24) is 24.5 Å². The zero-order valence-electron chi connectivity index (χ0n) is 23.6. The molecule has 4 N–H and O–H groups in total. The number of nitrogen functional groups attached to an aromatic ring is 1. The third-order valence-corrected chi connectivity index (χ3v) is 6.94. The summed E-state index contributed by atoms with van der Waals surface area (Å²) in [6.07, 6.45) is 4.13. The maximum atomic E-state index is 13.1. The van der Waals surface area contributed by atoms with Crippen LogP contribution in [0, 0.1) is 6.92 Å². The molecule has 2 aromatic heterocycles. The molecule has 0 spiro atoms. The number of carbonyl (C=O) groups excluding carboxylic acids is 1. The number of rotatable bonds is 7. The van der Waals surface area contributed by atoms with E-state index < -0.39 is 0 Å². The summed E-state index contributed by atoms with van der Waals surface area (Å²) in [5.74, 6) is 1.53. The molecule has 9 heteroatoms. The van der Waals surface area contributed by atoms with Crippen molar-refractivity contribution in [2.24, 2.45) is 0 Å². The van der Waals surface area contributed by atoms with Gasteiger partial charge >= 0.3 is 0 Å². The third-order valence-electron chi connectivity index (χ3n) is 6.94. The SMILES string of the molecule is Cc1nccn1-c1ccc(Cc2nc(N)nc(-c3cccc(NC(=O)c4ccc(C(C)(C)C)cc4)c3CO)n2)cc1. The first-order valence-electron chi connectivity index (χ1n) is 13.4. The summed E-state index contributed by atoms with van der Waals surface area (Å²) < 4.78 is 2.01. The maximum absolute atomic E-state index is 13.1. The van der Waals surface area contributed by atoms with Crippen LogP contribution in [0.15, 0.2) is 79.1 Å². The average molecular weight is 548 g/mol. The van der Waals surface area contributed by atoms with Crippen LogP contribution in [0.3, 0.4) is 0 Å². The van der Waals surface area contributed by atoms with E-state index in [-0.39, 0.29) is 23.9 Å². The van der Waals surface area contributed by atoms with E-state index in [0.29, 0.717) is 40.4 Å². The van der Waals surface area contributed by atoms with Gasteiger partial charge in [0.05, 0.1) is 6.61 Å². The van der Waals surface area contributed by atoms with Gasteiger partial charge in [-0.1, -0.05) is 57.2 Å². The van der Waals surface area contributed by atoms with E-state index in [1.165, 1.54) is 0 Å². The fourth-order valence-corrected chi connectivity index (χ4v) is 4.65. The molecule has 0 aliphatic rings. The molecule has 0 fully saturated rings. The molecule has 0 saturated carbocycles. The summed E-state index contributed by atoms with van der Waals surface area (Å²) in [6, 6.07) is 20.9. The highest BCUT2D eigenvalue weighted by atomic mass is 16.3. The lowest BCUT2D eigenvalue weighted by Gasteiger charge is -2.19. The Morgan fingerprint density at radius 3 is 2.34 bits per heavy atom. The number of anilines is 2.